The normalized spacial score (nSPS) is 10.5. The van der Waals surface area contributed by atoms with Crippen LogP contribution in [-0.2, 0) is 0 Å². The number of hydrogen-bond acceptors (Lipinski definition) is 2. The van der Waals surface area contributed by atoms with E-state index in [2.05, 4.69) is 10.3 Å². The van der Waals surface area contributed by atoms with Gasteiger partial charge >= 0.3 is 0 Å². The average Bonchev–Trinajstić information content (AvgIpc) is 2.92. The molecule has 0 aliphatic heterocycles. The van der Waals surface area contributed by atoms with Crippen LogP contribution in [0, 0.1) is 6.92 Å². The van der Waals surface area contributed by atoms with E-state index in [0.717, 1.165) is 27.9 Å². The highest BCUT2D eigenvalue weighted by atomic mass is 35.5. The summed E-state index contributed by atoms with van der Waals surface area (Å²) in [5.74, 6) is 0.760. The number of para-hydroxylation sites is 1. The summed E-state index contributed by atoms with van der Waals surface area (Å²) in [4.78, 5) is 4.35. The van der Waals surface area contributed by atoms with E-state index in [1.807, 2.05) is 66.2 Å². The first-order valence-electron chi connectivity index (χ1n) is 6.36. The highest BCUT2D eigenvalue weighted by molar-refractivity contribution is 6.31. The number of hydrogen-bond donors (Lipinski definition) is 1. The van der Waals surface area contributed by atoms with Crippen LogP contribution in [0.15, 0.2) is 60.9 Å². The number of imidazole rings is 1. The third kappa shape index (κ3) is 2.53. The van der Waals surface area contributed by atoms with Gasteiger partial charge in [-0.2, -0.15) is 0 Å². The fraction of sp³-hybridized carbons (Fsp3) is 0.0625. The molecular formula is C16H14ClN3. The quantitative estimate of drug-likeness (QED) is 0.762. The first-order valence-corrected chi connectivity index (χ1v) is 6.74. The highest BCUT2D eigenvalue weighted by Crippen LogP contribution is 2.23. The van der Waals surface area contributed by atoms with Gasteiger partial charge in [-0.25, -0.2) is 4.98 Å². The Balaban J connectivity index is 1.92. The number of halogens is 1. The predicted molar refractivity (Wildman–Crippen MR) is 83.0 cm³/mol. The van der Waals surface area contributed by atoms with Crippen LogP contribution < -0.4 is 5.32 Å². The summed E-state index contributed by atoms with van der Waals surface area (Å²) in [5.41, 5.74) is 3.04. The van der Waals surface area contributed by atoms with Crippen LogP contribution in [0.1, 0.15) is 5.56 Å². The third-order valence-corrected chi connectivity index (χ3v) is 3.51. The zero-order valence-corrected chi connectivity index (χ0v) is 11.8. The van der Waals surface area contributed by atoms with E-state index in [-0.39, 0.29) is 0 Å². The summed E-state index contributed by atoms with van der Waals surface area (Å²) >= 11 is 6.14. The van der Waals surface area contributed by atoms with Gasteiger partial charge in [-0.05, 0) is 36.8 Å². The molecule has 0 radical (unpaired) electrons. The molecular weight excluding hydrogens is 270 g/mol. The van der Waals surface area contributed by atoms with E-state index >= 15 is 0 Å². The lowest BCUT2D eigenvalue weighted by Crippen LogP contribution is -2.01. The van der Waals surface area contributed by atoms with Gasteiger partial charge in [0.2, 0.25) is 5.95 Å². The second kappa shape index (κ2) is 5.39. The molecule has 0 aliphatic carbocycles. The molecule has 0 bridgehead atoms. The number of nitrogens with zero attached hydrogens (tertiary/aromatic N) is 2. The number of rotatable bonds is 3. The Labute approximate surface area is 122 Å². The van der Waals surface area contributed by atoms with E-state index in [4.69, 9.17) is 11.6 Å². The second-order valence-corrected chi connectivity index (χ2v) is 4.95. The molecule has 2 aromatic carbocycles. The monoisotopic (exact) mass is 283 g/mol. The molecule has 4 heteroatoms. The molecule has 0 amide bonds. The van der Waals surface area contributed by atoms with Crippen LogP contribution in [0.2, 0.25) is 5.02 Å². The van der Waals surface area contributed by atoms with E-state index in [0.29, 0.717) is 0 Å². The smallest absolute Gasteiger partial charge is 0.212 e. The minimum absolute atomic E-state index is 0.743. The van der Waals surface area contributed by atoms with E-state index in [1.54, 1.807) is 6.20 Å². The fourth-order valence-electron chi connectivity index (χ4n) is 1.99. The lowest BCUT2D eigenvalue weighted by Gasteiger charge is -2.10. The molecule has 0 aliphatic rings. The topological polar surface area (TPSA) is 29.9 Å². The summed E-state index contributed by atoms with van der Waals surface area (Å²) < 4.78 is 1.99. The van der Waals surface area contributed by atoms with E-state index in [9.17, 15) is 0 Å². The predicted octanol–water partition coefficient (Wildman–Crippen LogP) is 4.58. The molecule has 0 unspecified atom stereocenters. The second-order valence-electron chi connectivity index (χ2n) is 4.55. The number of benzene rings is 2. The summed E-state index contributed by atoms with van der Waals surface area (Å²) in [5, 5.41) is 4.03. The minimum atomic E-state index is 0.743. The van der Waals surface area contributed by atoms with Crippen molar-refractivity contribution in [3.63, 3.8) is 0 Å². The van der Waals surface area contributed by atoms with Crippen LogP contribution in [0.25, 0.3) is 5.69 Å². The lowest BCUT2D eigenvalue weighted by atomic mass is 10.2. The molecule has 1 N–H and O–H groups in total. The van der Waals surface area contributed by atoms with Gasteiger partial charge in [0.05, 0.1) is 0 Å². The molecule has 3 nitrogen and oxygen atoms in total. The molecule has 0 saturated heterocycles. The number of nitrogens with one attached hydrogen (secondary N) is 1. The maximum atomic E-state index is 6.14. The molecule has 20 heavy (non-hydrogen) atoms. The number of aryl methyl sites for hydroxylation is 1. The van der Waals surface area contributed by atoms with E-state index in [1.165, 1.54) is 0 Å². The van der Waals surface area contributed by atoms with Crippen LogP contribution in [-0.4, -0.2) is 9.55 Å². The Bertz CT molecular complexity index is 720. The Morgan fingerprint density at radius 2 is 1.90 bits per heavy atom. The summed E-state index contributed by atoms with van der Waals surface area (Å²) in [6, 6.07) is 16.0. The van der Waals surface area contributed by atoms with Crippen LogP contribution in [0.3, 0.4) is 0 Å². The molecule has 1 heterocycles. The maximum absolute atomic E-state index is 6.14. The molecule has 0 fully saturated rings. The van der Waals surface area contributed by atoms with Gasteiger partial charge in [0.1, 0.15) is 0 Å². The molecule has 0 spiro atoms. The van der Waals surface area contributed by atoms with Gasteiger partial charge in [-0.3, -0.25) is 4.57 Å². The summed E-state index contributed by atoms with van der Waals surface area (Å²) in [7, 11) is 0. The van der Waals surface area contributed by atoms with Gasteiger partial charge in [-0.1, -0.05) is 35.9 Å². The van der Waals surface area contributed by atoms with Gasteiger partial charge in [-0.15, -0.1) is 0 Å². The molecule has 0 atom stereocenters. The van der Waals surface area contributed by atoms with Crippen molar-refractivity contribution in [2.75, 3.05) is 5.32 Å². The number of anilines is 2. The van der Waals surface area contributed by atoms with Gasteiger partial charge in [0.25, 0.3) is 0 Å². The summed E-state index contributed by atoms with van der Waals surface area (Å²) in [6.07, 6.45) is 3.69. The average molecular weight is 284 g/mol. The van der Waals surface area contributed by atoms with Crippen molar-refractivity contribution in [2.24, 2.45) is 0 Å². The molecule has 1 aromatic heterocycles. The lowest BCUT2D eigenvalue weighted by molar-refractivity contribution is 1.06. The van der Waals surface area contributed by atoms with Crippen LogP contribution in [0.5, 0.6) is 0 Å². The standard InChI is InChI=1S/C16H14ClN3/c1-12-7-8-13(11-15(12)17)19-16-18-9-10-20(16)14-5-3-2-4-6-14/h2-11H,1H3,(H,18,19). The summed E-state index contributed by atoms with van der Waals surface area (Å²) in [6.45, 7) is 1.98. The van der Waals surface area contributed by atoms with Crippen molar-refractivity contribution >= 4 is 23.2 Å². The Kier molecular flexibility index (Phi) is 3.44. The van der Waals surface area contributed by atoms with Crippen LogP contribution in [0.4, 0.5) is 11.6 Å². The van der Waals surface area contributed by atoms with E-state index < -0.39 is 0 Å². The Hall–Kier alpha value is -2.26. The first-order chi connectivity index (χ1) is 9.74. The molecule has 100 valence electrons. The fourth-order valence-corrected chi connectivity index (χ4v) is 2.17. The van der Waals surface area contributed by atoms with Crippen molar-refractivity contribution in [2.45, 2.75) is 6.92 Å². The third-order valence-electron chi connectivity index (χ3n) is 3.10. The Morgan fingerprint density at radius 1 is 1.10 bits per heavy atom. The zero-order valence-electron chi connectivity index (χ0n) is 11.0. The zero-order chi connectivity index (χ0) is 13.9. The van der Waals surface area contributed by atoms with Gasteiger partial charge in [0.15, 0.2) is 0 Å². The van der Waals surface area contributed by atoms with Crippen molar-refractivity contribution < 1.29 is 0 Å². The molecule has 0 saturated carbocycles. The molecule has 3 aromatic rings. The maximum Gasteiger partial charge on any atom is 0.212 e. The molecule has 3 rings (SSSR count). The van der Waals surface area contributed by atoms with Crippen molar-refractivity contribution in [3.05, 3.63) is 71.5 Å². The number of aromatic nitrogens is 2. The largest absolute Gasteiger partial charge is 0.325 e. The first kappa shape index (κ1) is 12.8. The van der Waals surface area contributed by atoms with Crippen LogP contribution >= 0.6 is 11.6 Å². The van der Waals surface area contributed by atoms with Crippen molar-refractivity contribution in [1.82, 2.24) is 9.55 Å². The Morgan fingerprint density at radius 3 is 2.65 bits per heavy atom. The SMILES string of the molecule is Cc1ccc(Nc2nccn2-c2ccccc2)cc1Cl. The van der Waals surface area contributed by atoms with Gasteiger partial charge in [0, 0.05) is 28.8 Å². The van der Waals surface area contributed by atoms with Crippen molar-refractivity contribution in [3.8, 4) is 5.69 Å². The van der Waals surface area contributed by atoms with Crippen molar-refractivity contribution in [1.29, 1.82) is 0 Å². The highest BCUT2D eigenvalue weighted by Gasteiger charge is 2.05. The minimum Gasteiger partial charge on any atom is -0.325 e. The van der Waals surface area contributed by atoms with Gasteiger partial charge < -0.3 is 5.32 Å².